The first-order chi connectivity index (χ1) is 4.18. The molecule has 0 rings (SSSR count). The molecule has 0 aromatic rings. The van der Waals surface area contributed by atoms with E-state index in [0.29, 0.717) is 0 Å². The fourth-order valence-corrected chi connectivity index (χ4v) is 0.943. The SMILES string of the molecule is C=CCCC([SiH3])C(O)=S. The van der Waals surface area contributed by atoms with Crippen LogP contribution in [0, 0.1) is 0 Å². The maximum atomic E-state index is 8.78. The van der Waals surface area contributed by atoms with E-state index in [-0.39, 0.29) is 10.6 Å². The lowest BCUT2D eigenvalue weighted by Gasteiger charge is -2.03. The standard InChI is InChI=1S/C6H12OSSi/c1-2-3-4-5(9)6(7)8/h2,5H,1,3-4H2,9H3,(H,7,8). The highest BCUT2D eigenvalue weighted by molar-refractivity contribution is 7.80. The molecule has 1 atom stereocenters. The van der Waals surface area contributed by atoms with Gasteiger partial charge in [0.2, 0.25) is 0 Å². The van der Waals surface area contributed by atoms with E-state index in [1.807, 2.05) is 6.08 Å². The van der Waals surface area contributed by atoms with Crippen LogP contribution in [0.4, 0.5) is 0 Å². The zero-order valence-corrected chi connectivity index (χ0v) is 8.45. The summed E-state index contributed by atoms with van der Waals surface area (Å²) in [5.41, 5.74) is 0.276. The second-order valence-corrected chi connectivity index (χ2v) is 3.92. The van der Waals surface area contributed by atoms with E-state index in [4.69, 9.17) is 5.11 Å². The Morgan fingerprint density at radius 3 is 2.78 bits per heavy atom. The fraction of sp³-hybridized carbons (Fsp3) is 0.500. The number of thiocarbonyl (C=S) groups is 1. The van der Waals surface area contributed by atoms with Crippen LogP contribution in [0.25, 0.3) is 0 Å². The molecule has 0 aliphatic carbocycles. The number of hydrogen-bond donors (Lipinski definition) is 1. The Hall–Kier alpha value is -0.153. The van der Waals surface area contributed by atoms with Crippen molar-refractivity contribution in [3.05, 3.63) is 12.7 Å². The third kappa shape index (κ3) is 4.36. The second kappa shape index (κ2) is 4.70. The van der Waals surface area contributed by atoms with Gasteiger partial charge in [-0.3, -0.25) is 0 Å². The fourth-order valence-electron chi connectivity index (χ4n) is 0.491. The second-order valence-electron chi connectivity index (χ2n) is 2.11. The van der Waals surface area contributed by atoms with Gasteiger partial charge in [-0.15, -0.1) is 6.58 Å². The lowest BCUT2D eigenvalue weighted by Crippen LogP contribution is -2.03. The Balaban J connectivity index is 3.37. The van der Waals surface area contributed by atoms with Gasteiger partial charge in [0, 0.05) is 15.8 Å². The zero-order chi connectivity index (χ0) is 7.28. The molecule has 0 aromatic carbocycles. The number of aliphatic hydroxyl groups is 1. The maximum absolute atomic E-state index is 8.78. The van der Waals surface area contributed by atoms with E-state index >= 15 is 0 Å². The summed E-state index contributed by atoms with van der Waals surface area (Å²) in [5, 5.41) is 8.95. The molecular weight excluding hydrogens is 148 g/mol. The molecule has 52 valence electrons. The van der Waals surface area contributed by atoms with Crippen LogP contribution in [0.15, 0.2) is 12.7 Å². The van der Waals surface area contributed by atoms with Crippen molar-refractivity contribution in [2.24, 2.45) is 0 Å². The Morgan fingerprint density at radius 1 is 1.89 bits per heavy atom. The predicted octanol–water partition coefficient (Wildman–Crippen LogP) is 0.992. The molecule has 0 saturated heterocycles. The first-order valence-electron chi connectivity index (χ1n) is 3.02. The van der Waals surface area contributed by atoms with Crippen LogP contribution in [0.5, 0.6) is 0 Å². The zero-order valence-electron chi connectivity index (χ0n) is 5.63. The summed E-state index contributed by atoms with van der Waals surface area (Å²) in [6, 6.07) is 0. The van der Waals surface area contributed by atoms with Gasteiger partial charge in [-0.05, 0) is 25.1 Å². The quantitative estimate of drug-likeness (QED) is 0.376. The minimum atomic E-state index is 0.170. The predicted molar refractivity (Wildman–Crippen MR) is 48.3 cm³/mol. The van der Waals surface area contributed by atoms with Crippen LogP contribution in [-0.4, -0.2) is 20.4 Å². The van der Waals surface area contributed by atoms with Crippen LogP contribution in [0.3, 0.4) is 0 Å². The number of aliphatic hydroxyl groups excluding tert-OH is 1. The summed E-state index contributed by atoms with van der Waals surface area (Å²) in [4.78, 5) is 0. The van der Waals surface area contributed by atoms with Gasteiger partial charge in [0.15, 0.2) is 5.05 Å². The lowest BCUT2D eigenvalue weighted by molar-refractivity contribution is 0.544. The van der Waals surface area contributed by atoms with Gasteiger partial charge in [-0.1, -0.05) is 6.08 Å². The first-order valence-corrected chi connectivity index (χ1v) is 4.58. The summed E-state index contributed by atoms with van der Waals surface area (Å²) in [6.07, 6.45) is 3.77. The van der Waals surface area contributed by atoms with Crippen LogP contribution < -0.4 is 0 Å². The molecule has 0 fully saturated rings. The molecule has 0 saturated carbocycles. The minimum Gasteiger partial charge on any atom is -0.502 e. The molecule has 0 aliphatic heterocycles. The Labute approximate surface area is 64.2 Å². The van der Waals surface area contributed by atoms with Crippen molar-refractivity contribution in [1.29, 1.82) is 0 Å². The van der Waals surface area contributed by atoms with Crippen molar-refractivity contribution in [3.63, 3.8) is 0 Å². The van der Waals surface area contributed by atoms with E-state index in [9.17, 15) is 0 Å². The monoisotopic (exact) mass is 160 g/mol. The maximum Gasteiger partial charge on any atom is 0.155 e. The van der Waals surface area contributed by atoms with Crippen LogP contribution in [0.2, 0.25) is 5.54 Å². The molecular formula is C6H12OSSi. The molecule has 0 aliphatic rings. The summed E-state index contributed by atoms with van der Waals surface area (Å²) >= 11 is 4.59. The van der Waals surface area contributed by atoms with Gasteiger partial charge >= 0.3 is 0 Å². The Morgan fingerprint density at radius 2 is 2.44 bits per heavy atom. The molecule has 1 N–H and O–H groups in total. The van der Waals surface area contributed by atoms with Crippen LogP contribution in [-0.2, 0) is 0 Å². The van der Waals surface area contributed by atoms with Crippen LogP contribution in [0.1, 0.15) is 12.8 Å². The smallest absolute Gasteiger partial charge is 0.155 e. The molecule has 3 heteroatoms. The topological polar surface area (TPSA) is 20.2 Å². The van der Waals surface area contributed by atoms with Crippen molar-refractivity contribution in [3.8, 4) is 0 Å². The molecule has 0 radical (unpaired) electrons. The molecule has 0 heterocycles. The van der Waals surface area contributed by atoms with Gasteiger partial charge in [-0.25, -0.2) is 0 Å². The highest BCUT2D eigenvalue weighted by atomic mass is 32.1. The molecule has 9 heavy (non-hydrogen) atoms. The molecule has 0 amide bonds. The average Bonchev–Trinajstić information content (AvgIpc) is 1.82. The van der Waals surface area contributed by atoms with Crippen molar-refractivity contribution < 1.29 is 5.11 Å². The minimum absolute atomic E-state index is 0.170. The van der Waals surface area contributed by atoms with Gasteiger partial charge in [-0.2, -0.15) is 0 Å². The summed E-state index contributed by atoms with van der Waals surface area (Å²) in [7, 11) is 0.949. The van der Waals surface area contributed by atoms with E-state index in [1.165, 1.54) is 0 Å². The van der Waals surface area contributed by atoms with Crippen molar-refractivity contribution in [1.82, 2.24) is 0 Å². The van der Waals surface area contributed by atoms with Crippen LogP contribution >= 0.6 is 12.2 Å². The third-order valence-corrected chi connectivity index (χ3v) is 3.17. The molecule has 0 aromatic heterocycles. The largest absolute Gasteiger partial charge is 0.502 e. The van der Waals surface area contributed by atoms with E-state index in [0.717, 1.165) is 23.1 Å². The molecule has 0 spiro atoms. The summed E-state index contributed by atoms with van der Waals surface area (Å²) in [6.45, 7) is 3.58. The van der Waals surface area contributed by atoms with Gasteiger partial charge in [0.05, 0.1) is 0 Å². The number of rotatable bonds is 4. The molecule has 1 unspecified atom stereocenters. The highest BCUT2D eigenvalue weighted by Crippen LogP contribution is 2.09. The molecule has 1 nitrogen and oxygen atoms in total. The van der Waals surface area contributed by atoms with E-state index in [2.05, 4.69) is 18.8 Å². The van der Waals surface area contributed by atoms with Gasteiger partial charge in [0.25, 0.3) is 0 Å². The number of allylic oxidation sites excluding steroid dienone is 1. The molecule has 0 bridgehead atoms. The van der Waals surface area contributed by atoms with Gasteiger partial charge in [0.1, 0.15) is 0 Å². The average molecular weight is 160 g/mol. The van der Waals surface area contributed by atoms with Gasteiger partial charge < -0.3 is 5.11 Å². The summed E-state index contributed by atoms with van der Waals surface area (Å²) < 4.78 is 0. The first kappa shape index (κ1) is 8.85. The Kier molecular flexibility index (Phi) is 4.62. The van der Waals surface area contributed by atoms with Crippen molar-refractivity contribution in [2.75, 3.05) is 0 Å². The summed E-state index contributed by atoms with van der Waals surface area (Å²) in [5.74, 6) is 0. The van der Waals surface area contributed by atoms with Crippen molar-refractivity contribution >= 4 is 27.5 Å². The van der Waals surface area contributed by atoms with Crippen molar-refractivity contribution in [2.45, 2.75) is 18.4 Å². The highest BCUT2D eigenvalue weighted by Gasteiger charge is 2.03. The van der Waals surface area contributed by atoms with E-state index < -0.39 is 0 Å². The lowest BCUT2D eigenvalue weighted by atomic mass is 10.2. The Bertz CT molecular complexity index is 114. The number of hydrogen-bond acceptors (Lipinski definition) is 1. The third-order valence-electron chi connectivity index (χ3n) is 1.23. The van der Waals surface area contributed by atoms with E-state index in [1.54, 1.807) is 0 Å². The normalized spacial score (nSPS) is 12.9.